The van der Waals surface area contributed by atoms with Crippen LogP contribution in [0.2, 0.25) is 5.02 Å². The fourth-order valence-corrected chi connectivity index (χ4v) is 3.23. The molecule has 3 rings (SSSR count). The standard InChI is InChI=1S/C20H23ClFN3O/c1-24-8-10-25(11-9-24)14-16-5-3-2-4-15(16)13-23-20(26)18-7-6-17(21)12-19(18)22/h2-7,12H,8-11,13-14H2,1H3,(H,23,26). The summed E-state index contributed by atoms with van der Waals surface area (Å²) in [6.07, 6.45) is 0. The van der Waals surface area contributed by atoms with E-state index >= 15 is 0 Å². The van der Waals surface area contributed by atoms with Gasteiger partial charge in [0.25, 0.3) is 5.91 Å². The smallest absolute Gasteiger partial charge is 0.254 e. The lowest BCUT2D eigenvalue weighted by Gasteiger charge is -2.32. The highest BCUT2D eigenvalue weighted by Gasteiger charge is 2.16. The molecule has 1 amide bonds. The van der Waals surface area contributed by atoms with Crippen LogP contribution in [0.15, 0.2) is 42.5 Å². The lowest BCUT2D eigenvalue weighted by molar-refractivity contribution is 0.0946. The summed E-state index contributed by atoms with van der Waals surface area (Å²) < 4.78 is 13.9. The van der Waals surface area contributed by atoms with Gasteiger partial charge in [-0.3, -0.25) is 9.69 Å². The van der Waals surface area contributed by atoms with E-state index in [4.69, 9.17) is 11.6 Å². The topological polar surface area (TPSA) is 35.6 Å². The van der Waals surface area contributed by atoms with Crippen molar-refractivity contribution in [1.29, 1.82) is 0 Å². The quantitative estimate of drug-likeness (QED) is 0.872. The molecule has 1 heterocycles. The normalized spacial score (nSPS) is 15.8. The first-order valence-corrected chi connectivity index (χ1v) is 9.11. The zero-order valence-electron chi connectivity index (χ0n) is 14.8. The second kappa shape index (κ2) is 8.62. The van der Waals surface area contributed by atoms with Crippen LogP contribution in [0, 0.1) is 5.82 Å². The van der Waals surface area contributed by atoms with Crippen LogP contribution < -0.4 is 5.32 Å². The Balaban J connectivity index is 1.64. The number of carbonyl (C=O) groups is 1. The van der Waals surface area contributed by atoms with Crippen molar-refractivity contribution in [3.8, 4) is 0 Å². The Morgan fingerprint density at radius 2 is 1.81 bits per heavy atom. The fraction of sp³-hybridized carbons (Fsp3) is 0.350. The minimum Gasteiger partial charge on any atom is -0.348 e. The molecule has 0 bridgehead atoms. The summed E-state index contributed by atoms with van der Waals surface area (Å²) in [7, 11) is 2.14. The Kier molecular flexibility index (Phi) is 6.25. The van der Waals surface area contributed by atoms with Crippen molar-refractivity contribution in [3.63, 3.8) is 0 Å². The molecule has 0 radical (unpaired) electrons. The average molecular weight is 376 g/mol. The van der Waals surface area contributed by atoms with Gasteiger partial charge in [-0.05, 0) is 36.4 Å². The highest BCUT2D eigenvalue weighted by Crippen LogP contribution is 2.16. The Labute approximate surface area is 158 Å². The zero-order valence-corrected chi connectivity index (χ0v) is 15.6. The van der Waals surface area contributed by atoms with Crippen LogP contribution in [0.4, 0.5) is 4.39 Å². The number of nitrogens with zero attached hydrogens (tertiary/aromatic N) is 2. The Morgan fingerprint density at radius 1 is 1.12 bits per heavy atom. The largest absolute Gasteiger partial charge is 0.348 e. The van der Waals surface area contributed by atoms with Gasteiger partial charge in [0.1, 0.15) is 5.82 Å². The van der Waals surface area contributed by atoms with Crippen molar-refractivity contribution < 1.29 is 9.18 Å². The van der Waals surface area contributed by atoms with E-state index < -0.39 is 11.7 Å². The molecule has 0 saturated carbocycles. The molecule has 1 saturated heterocycles. The van der Waals surface area contributed by atoms with Crippen LogP contribution in [0.5, 0.6) is 0 Å². The van der Waals surface area contributed by atoms with Gasteiger partial charge in [0.05, 0.1) is 5.56 Å². The van der Waals surface area contributed by atoms with Crippen LogP contribution in [0.1, 0.15) is 21.5 Å². The Morgan fingerprint density at radius 3 is 2.50 bits per heavy atom. The Bertz CT molecular complexity index is 775. The molecule has 2 aromatic rings. The number of benzene rings is 2. The lowest BCUT2D eigenvalue weighted by Crippen LogP contribution is -2.44. The SMILES string of the molecule is CN1CCN(Cc2ccccc2CNC(=O)c2ccc(Cl)cc2F)CC1. The van der Waals surface area contributed by atoms with Gasteiger partial charge in [-0.1, -0.05) is 35.9 Å². The molecule has 6 heteroatoms. The van der Waals surface area contributed by atoms with Crippen molar-refractivity contribution in [2.24, 2.45) is 0 Å². The summed E-state index contributed by atoms with van der Waals surface area (Å²) in [6, 6.07) is 12.1. The third-order valence-corrected chi connectivity index (χ3v) is 4.96. The van der Waals surface area contributed by atoms with Gasteiger partial charge in [0.15, 0.2) is 0 Å². The second-order valence-electron chi connectivity index (χ2n) is 6.65. The maximum absolute atomic E-state index is 13.9. The number of hydrogen-bond acceptors (Lipinski definition) is 3. The minimum atomic E-state index is -0.610. The van der Waals surface area contributed by atoms with Gasteiger partial charge in [-0.25, -0.2) is 4.39 Å². The first kappa shape index (κ1) is 18.8. The maximum atomic E-state index is 13.9. The first-order chi connectivity index (χ1) is 12.5. The van der Waals surface area contributed by atoms with Crippen molar-refractivity contribution in [2.75, 3.05) is 33.2 Å². The highest BCUT2D eigenvalue weighted by molar-refractivity contribution is 6.30. The number of halogens is 2. The summed E-state index contributed by atoms with van der Waals surface area (Å²) in [5, 5.41) is 3.09. The highest BCUT2D eigenvalue weighted by atomic mass is 35.5. The number of rotatable bonds is 5. The van der Waals surface area contributed by atoms with Crippen molar-refractivity contribution in [1.82, 2.24) is 15.1 Å². The van der Waals surface area contributed by atoms with E-state index in [0.717, 1.165) is 44.4 Å². The predicted octanol–water partition coefficient (Wildman–Crippen LogP) is 3.16. The van der Waals surface area contributed by atoms with E-state index in [2.05, 4.69) is 28.2 Å². The molecular formula is C20H23ClFN3O. The van der Waals surface area contributed by atoms with E-state index in [9.17, 15) is 9.18 Å². The number of piperazine rings is 1. The molecule has 2 aromatic carbocycles. The molecule has 1 N–H and O–H groups in total. The van der Waals surface area contributed by atoms with Crippen molar-refractivity contribution >= 4 is 17.5 Å². The second-order valence-corrected chi connectivity index (χ2v) is 7.09. The van der Waals surface area contributed by atoms with Gasteiger partial charge in [0.2, 0.25) is 0 Å². The third-order valence-electron chi connectivity index (χ3n) is 4.72. The van der Waals surface area contributed by atoms with Gasteiger partial charge < -0.3 is 10.2 Å². The molecular weight excluding hydrogens is 353 g/mol. The monoisotopic (exact) mass is 375 g/mol. The summed E-state index contributed by atoms with van der Waals surface area (Å²) in [5.74, 6) is -1.05. The Hall–Kier alpha value is -1.95. The van der Waals surface area contributed by atoms with Crippen molar-refractivity contribution in [3.05, 3.63) is 70.0 Å². The molecule has 0 aliphatic carbocycles. The average Bonchev–Trinajstić information content (AvgIpc) is 2.62. The van der Waals surface area contributed by atoms with Crippen LogP contribution in [-0.4, -0.2) is 48.9 Å². The molecule has 138 valence electrons. The van der Waals surface area contributed by atoms with E-state index in [1.54, 1.807) is 0 Å². The summed E-state index contributed by atoms with van der Waals surface area (Å²) in [4.78, 5) is 17.0. The van der Waals surface area contributed by atoms with Gasteiger partial charge >= 0.3 is 0 Å². The van der Waals surface area contributed by atoms with Gasteiger partial charge in [0, 0.05) is 44.3 Å². The minimum absolute atomic E-state index is 0.00551. The van der Waals surface area contributed by atoms with Gasteiger partial charge in [-0.2, -0.15) is 0 Å². The van der Waals surface area contributed by atoms with Crippen LogP contribution in [0.25, 0.3) is 0 Å². The van der Waals surface area contributed by atoms with Crippen LogP contribution in [-0.2, 0) is 13.1 Å². The number of nitrogens with one attached hydrogen (secondary N) is 1. The summed E-state index contributed by atoms with van der Waals surface area (Å²) in [5.41, 5.74) is 2.24. The third kappa shape index (κ3) is 4.81. The summed E-state index contributed by atoms with van der Waals surface area (Å²) >= 11 is 5.74. The van der Waals surface area contributed by atoms with Crippen LogP contribution >= 0.6 is 11.6 Å². The zero-order chi connectivity index (χ0) is 18.5. The van der Waals surface area contributed by atoms with E-state index in [1.165, 1.54) is 17.7 Å². The molecule has 0 unspecified atom stereocenters. The molecule has 26 heavy (non-hydrogen) atoms. The van der Waals surface area contributed by atoms with E-state index in [1.807, 2.05) is 18.2 Å². The van der Waals surface area contributed by atoms with Gasteiger partial charge in [-0.15, -0.1) is 0 Å². The molecule has 4 nitrogen and oxygen atoms in total. The van der Waals surface area contributed by atoms with Crippen molar-refractivity contribution in [2.45, 2.75) is 13.1 Å². The maximum Gasteiger partial charge on any atom is 0.254 e. The predicted molar refractivity (Wildman–Crippen MR) is 102 cm³/mol. The van der Waals surface area contributed by atoms with E-state index in [-0.39, 0.29) is 10.6 Å². The fourth-order valence-electron chi connectivity index (χ4n) is 3.08. The van der Waals surface area contributed by atoms with Crippen LogP contribution in [0.3, 0.4) is 0 Å². The molecule has 0 spiro atoms. The first-order valence-electron chi connectivity index (χ1n) is 8.74. The molecule has 0 atom stereocenters. The molecule has 0 aromatic heterocycles. The summed E-state index contributed by atoms with van der Waals surface area (Å²) in [6.45, 7) is 5.42. The molecule has 1 aliphatic heterocycles. The number of hydrogen-bond donors (Lipinski definition) is 1. The molecule has 1 aliphatic rings. The number of amides is 1. The van der Waals surface area contributed by atoms with E-state index in [0.29, 0.717) is 6.54 Å². The lowest BCUT2D eigenvalue weighted by atomic mass is 10.1. The number of carbonyl (C=O) groups excluding carboxylic acids is 1. The number of likely N-dealkylation sites (N-methyl/N-ethyl adjacent to an activating group) is 1. The molecule has 1 fully saturated rings.